The topological polar surface area (TPSA) is 46.2 Å². The third-order valence-corrected chi connectivity index (χ3v) is 2.34. The maximum Gasteiger partial charge on any atom is 0.0952 e. The fourth-order valence-corrected chi connectivity index (χ4v) is 1.54. The van der Waals surface area contributed by atoms with Crippen LogP contribution in [0.1, 0.15) is 18.6 Å². The molecule has 0 bridgehead atoms. The number of rotatable bonds is 2. The van der Waals surface area contributed by atoms with Crippen molar-refractivity contribution < 1.29 is 5.11 Å². The molecular formula is C9H11Cl2NO. The minimum Gasteiger partial charge on any atom is -0.387 e. The molecule has 2 nitrogen and oxygen atoms in total. The average Bonchev–Trinajstić information content (AvgIpc) is 2.03. The van der Waals surface area contributed by atoms with E-state index in [2.05, 4.69) is 0 Å². The lowest BCUT2D eigenvalue weighted by atomic mass is 10.0. The lowest BCUT2D eigenvalue weighted by molar-refractivity contribution is 0.153. The zero-order valence-corrected chi connectivity index (χ0v) is 8.68. The van der Waals surface area contributed by atoms with E-state index < -0.39 is 6.10 Å². The molecule has 0 unspecified atom stereocenters. The van der Waals surface area contributed by atoms with E-state index in [9.17, 15) is 5.11 Å². The number of benzene rings is 1. The Labute approximate surface area is 87.3 Å². The van der Waals surface area contributed by atoms with Crippen molar-refractivity contribution in [3.8, 4) is 0 Å². The van der Waals surface area contributed by atoms with Crippen molar-refractivity contribution in [3.63, 3.8) is 0 Å². The molecule has 0 saturated heterocycles. The number of halogens is 2. The average molecular weight is 220 g/mol. The first-order chi connectivity index (χ1) is 6.02. The summed E-state index contributed by atoms with van der Waals surface area (Å²) in [6.07, 6.45) is -0.746. The summed E-state index contributed by atoms with van der Waals surface area (Å²) in [5.74, 6) is 0. The summed E-state index contributed by atoms with van der Waals surface area (Å²) in [7, 11) is 0. The minimum atomic E-state index is -0.746. The fourth-order valence-electron chi connectivity index (χ4n) is 1.02. The minimum absolute atomic E-state index is 0.348. The molecule has 0 amide bonds. The van der Waals surface area contributed by atoms with E-state index in [1.54, 1.807) is 25.1 Å². The molecule has 0 spiro atoms. The molecule has 1 aromatic rings. The van der Waals surface area contributed by atoms with E-state index in [1.807, 2.05) is 0 Å². The molecule has 13 heavy (non-hydrogen) atoms. The molecular weight excluding hydrogens is 209 g/mol. The van der Waals surface area contributed by atoms with Crippen LogP contribution in [0, 0.1) is 0 Å². The van der Waals surface area contributed by atoms with Crippen LogP contribution in [0.4, 0.5) is 0 Å². The first kappa shape index (κ1) is 10.8. The van der Waals surface area contributed by atoms with E-state index in [0.717, 1.165) is 0 Å². The zero-order chi connectivity index (χ0) is 10.0. The molecule has 0 radical (unpaired) electrons. The highest BCUT2D eigenvalue weighted by Crippen LogP contribution is 2.27. The van der Waals surface area contributed by atoms with Crippen molar-refractivity contribution in [1.82, 2.24) is 0 Å². The maximum atomic E-state index is 9.62. The Bertz CT molecular complexity index is 302. The summed E-state index contributed by atoms with van der Waals surface area (Å²) >= 11 is 11.6. The van der Waals surface area contributed by atoms with Crippen molar-refractivity contribution in [2.75, 3.05) is 0 Å². The molecule has 0 heterocycles. The van der Waals surface area contributed by atoms with Gasteiger partial charge < -0.3 is 10.8 Å². The molecule has 3 N–H and O–H groups in total. The number of hydrogen-bond acceptors (Lipinski definition) is 2. The van der Waals surface area contributed by atoms with Gasteiger partial charge in [-0.1, -0.05) is 29.3 Å². The quantitative estimate of drug-likeness (QED) is 0.803. The number of aliphatic hydroxyl groups is 1. The molecule has 0 fully saturated rings. The van der Waals surface area contributed by atoms with Crippen molar-refractivity contribution in [1.29, 1.82) is 0 Å². The summed E-state index contributed by atoms with van der Waals surface area (Å²) in [5.41, 5.74) is 6.15. The van der Waals surface area contributed by atoms with Crippen LogP contribution in [0.25, 0.3) is 0 Å². The van der Waals surface area contributed by atoms with Crippen molar-refractivity contribution in [3.05, 3.63) is 33.8 Å². The fraction of sp³-hybridized carbons (Fsp3) is 0.333. The van der Waals surface area contributed by atoms with Crippen LogP contribution >= 0.6 is 23.2 Å². The van der Waals surface area contributed by atoms with Gasteiger partial charge in [0.25, 0.3) is 0 Å². The second kappa shape index (κ2) is 4.29. The predicted octanol–water partition coefficient (Wildman–Crippen LogP) is 2.37. The SMILES string of the molecule is C[C@@H](N)[C@@H](O)c1ccc(Cl)cc1Cl. The Morgan fingerprint density at radius 3 is 2.46 bits per heavy atom. The molecule has 72 valence electrons. The standard InChI is InChI=1S/C9H11Cl2NO/c1-5(12)9(13)7-3-2-6(10)4-8(7)11/h2-5,9,13H,12H2,1H3/t5-,9-/m1/s1. The van der Waals surface area contributed by atoms with Crippen LogP contribution in [0.3, 0.4) is 0 Å². The highest BCUT2D eigenvalue weighted by Gasteiger charge is 2.15. The Hall–Kier alpha value is -0.280. The van der Waals surface area contributed by atoms with Gasteiger partial charge in [0, 0.05) is 21.7 Å². The van der Waals surface area contributed by atoms with Crippen molar-refractivity contribution >= 4 is 23.2 Å². The first-order valence-corrected chi connectivity index (χ1v) is 4.66. The third kappa shape index (κ3) is 2.58. The second-order valence-electron chi connectivity index (χ2n) is 2.97. The maximum absolute atomic E-state index is 9.62. The summed E-state index contributed by atoms with van der Waals surface area (Å²) in [4.78, 5) is 0. The van der Waals surface area contributed by atoms with Gasteiger partial charge in [0.1, 0.15) is 0 Å². The third-order valence-electron chi connectivity index (χ3n) is 1.78. The van der Waals surface area contributed by atoms with Crippen LogP contribution in [0.5, 0.6) is 0 Å². The van der Waals surface area contributed by atoms with Gasteiger partial charge in [0.2, 0.25) is 0 Å². The largest absolute Gasteiger partial charge is 0.387 e. The lowest BCUT2D eigenvalue weighted by Gasteiger charge is -2.16. The lowest BCUT2D eigenvalue weighted by Crippen LogP contribution is -2.24. The van der Waals surface area contributed by atoms with Crippen LogP contribution in [0.2, 0.25) is 10.0 Å². The second-order valence-corrected chi connectivity index (χ2v) is 3.81. The Morgan fingerprint density at radius 2 is 2.00 bits per heavy atom. The number of nitrogens with two attached hydrogens (primary N) is 1. The normalized spacial score (nSPS) is 15.5. The summed E-state index contributed by atoms with van der Waals surface area (Å²) in [6.45, 7) is 1.72. The molecule has 2 atom stereocenters. The number of hydrogen-bond donors (Lipinski definition) is 2. The highest BCUT2D eigenvalue weighted by molar-refractivity contribution is 6.35. The molecule has 1 rings (SSSR count). The van der Waals surface area contributed by atoms with E-state index in [4.69, 9.17) is 28.9 Å². The van der Waals surface area contributed by atoms with Gasteiger partial charge in [0.05, 0.1) is 6.10 Å². The zero-order valence-electron chi connectivity index (χ0n) is 7.17. The molecule has 4 heteroatoms. The predicted molar refractivity (Wildman–Crippen MR) is 55.1 cm³/mol. The highest BCUT2D eigenvalue weighted by atomic mass is 35.5. The van der Waals surface area contributed by atoms with Gasteiger partial charge in [-0.25, -0.2) is 0 Å². The molecule has 0 aliphatic heterocycles. The van der Waals surface area contributed by atoms with Crippen LogP contribution in [-0.4, -0.2) is 11.1 Å². The van der Waals surface area contributed by atoms with Crippen molar-refractivity contribution in [2.45, 2.75) is 19.1 Å². The summed E-state index contributed by atoms with van der Waals surface area (Å²) in [6, 6.07) is 4.59. The van der Waals surface area contributed by atoms with Gasteiger partial charge in [-0.3, -0.25) is 0 Å². The van der Waals surface area contributed by atoms with Crippen molar-refractivity contribution in [2.24, 2.45) is 5.73 Å². The van der Waals surface area contributed by atoms with E-state index in [-0.39, 0.29) is 6.04 Å². The molecule has 0 aromatic heterocycles. The van der Waals surface area contributed by atoms with E-state index in [0.29, 0.717) is 15.6 Å². The summed E-state index contributed by atoms with van der Waals surface area (Å²) < 4.78 is 0. The molecule has 0 aliphatic carbocycles. The summed E-state index contributed by atoms with van der Waals surface area (Å²) in [5, 5.41) is 10.6. The Balaban J connectivity index is 3.01. The monoisotopic (exact) mass is 219 g/mol. The molecule has 1 aromatic carbocycles. The van der Waals surface area contributed by atoms with Gasteiger partial charge in [-0.05, 0) is 19.1 Å². The van der Waals surface area contributed by atoms with Crippen LogP contribution in [-0.2, 0) is 0 Å². The molecule has 0 aliphatic rings. The van der Waals surface area contributed by atoms with Gasteiger partial charge in [0.15, 0.2) is 0 Å². The Kier molecular flexibility index (Phi) is 3.56. The van der Waals surface area contributed by atoms with E-state index in [1.165, 1.54) is 0 Å². The number of aliphatic hydroxyl groups excluding tert-OH is 1. The first-order valence-electron chi connectivity index (χ1n) is 3.91. The van der Waals surface area contributed by atoms with E-state index >= 15 is 0 Å². The molecule has 0 saturated carbocycles. The van der Waals surface area contributed by atoms with Crippen LogP contribution < -0.4 is 5.73 Å². The van der Waals surface area contributed by atoms with Gasteiger partial charge in [-0.15, -0.1) is 0 Å². The van der Waals surface area contributed by atoms with Gasteiger partial charge in [-0.2, -0.15) is 0 Å². The van der Waals surface area contributed by atoms with Crippen LogP contribution in [0.15, 0.2) is 18.2 Å². The van der Waals surface area contributed by atoms with Gasteiger partial charge >= 0.3 is 0 Å². The smallest absolute Gasteiger partial charge is 0.0952 e. The Morgan fingerprint density at radius 1 is 1.38 bits per heavy atom.